The molecular weight excluding hydrogens is 174 g/mol. The Bertz CT molecular complexity index is 184. The molecule has 0 radical (unpaired) electrons. The van der Waals surface area contributed by atoms with Crippen molar-refractivity contribution in [3.8, 4) is 0 Å². The second kappa shape index (κ2) is 6.38. The fourth-order valence-corrected chi connectivity index (χ4v) is 0.737. The van der Waals surface area contributed by atoms with Crippen molar-refractivity contribution < 1.29 is 14.7 Å². The lowest BCUT2D eigenvalue weighted by Gasteiger charge is -2.09. The van der Waals surface area contributed by atoms with Crippen LogP contribution in [0.15, 0.2) is 0 Å². The predicted octanol–water partition coefficient (Wildman–Crippen LogP) is -1.75. The Hall–Kier alpha value is -1.14. The molecule has 0 aliphatic carbocycles. The summed E-state index contributed by atoms with van der Waals surface area (Å²) in [7, 11) is 0. The van der Waals surface area contributed by atoms with E-state index < -0.39 is 12.0 Å². The number of carbonyl (C=O) groups is 2. The van der Waals surface area contributed by atoms with Gasteiger partial charge in [0.05, 0.1) is 6.04 Å². The maximum Gasteiger partial charge on any atom is 0.303 e. The molecule has 0 aliphatic rings. The number of nitrogens with two attached hydrogens (primary N) is 2. The van der Waals surface area contributed by atoms with Crippen LogP contribution in [0.5, 0.6) is 0 Å². The molecule has 0 spiro atoms. The molecule has 6 N–H and O–H groups in total. The Kier molecular flexibility index (Phi) is 5.82. The van der Waals surface area contributed by atoms with Gasteiger partial charge >= 0.3 is 5.97 Å². The molecule has 0 aromatic carbocycles. The lowest BCUT2D eigenvalue weighted by atomic mass is 10.1. The first-order valence-electron chi connectivity index (χ1n) is 4.03. The monoisotopic (exact) mass is 189 g/mol. The quantitative estimate of drug-likeness (QED) is 0.395. The maximum absolute atomic E-state index is 11.0. The maximum atomic E-state index is 11.0. The molecule has 1 atom stereocenters. The summed E-state index contributed by atoms with van der Waals surface area (Å²) in [5.74, 6) is -1.31. The lowest BCUT2D eigenvalue weighted by Crippen LogP contribution is -2.42. The van der Waals surface area contributed by atoms with Crippen molar-refractivity contribution in [1.82, 2.24) is 5.32 Å². The highest BCUT2D eigenvalue weighted by atomic mass is 16.4. The molecule has 1 amide bonds. The summed E-state index contributed by atoms with van der Waals surface area (Å²) in [5.41, 5.74) is 10.5. The smallest absolute Gasteiger partial charge is 0.303 e. The van der Waals surface area contributed by atoms with Crippen molar-refractivity contribution in [2.75, 3.05) is 13.1 Å². The molecular formula is C7H15N3O3. The third-order valence-corrected chi connectivity index (χ3v) is 1.45. The summed E-state index contributed by atoms with van der Waals surface area (Å²) in [6, 6.07) is -0.761. The van der Waals surface area contributed by atoms with E-state index in [1.54, 1.807) is 0 Å². The molecule has 0 saturated heterocycles. The minimum atomic E-state index is -0.956. The zero-order chi connectivity index (χ0) is 10.3. The highest BCUT2D eigenvalue weighted by Gasteiger charge is 2.13. The fraction of sp³-hybridized carbons (Fsp3) is 0.714. The van der Waals surface area contributed by atoms with Crippen LogP contribution in [0.3, 0.4) is 0 Å². The molecule has 1 unspecified atom stereocenters. The molecule has 76 valence electrons. The van der Waals surface area contributed by atoms with Crippen molar-refractivity contribution in [1.29, 1.82) is 0 Å². The van der Waals surface area contributed by atoms with Crippen molar-refractivity contribution in [3.05, 3.63) is 0 Å². The molecule has 0 heterocycles. The van der Waals surface area contributed by atoms with Gasteiger partial charge in [-0.15, -0.1) is 0 Å². The van der Waals surface area contributed by atoms with Gasteiger partial charge in [0.1, 0.15) is 0 Å². The summed E-state index contributed by atoms with van der Waals surface area (Å²) in [6.45, 7) is 0.705. The topological polar surface area (TPSA) is 118 Å². The number of hydrogen-bond acceptors (Lipinski definition) is 4. The van der Waals surface area contributed by atoms with Crippen LogP contribution in [-0.4, -0.2) is 36.1 Å². The predicted molar refractivity (Wildman–Crippen MR) is 46.9 cm³/mol. The molecule has 6 nitrogen and oxygen atoms in total. The number of rotatable bonds is 6. The fourth-order valence-electron chi connectivity index (χ4n) is 0.737. The molecule has 0 aliphatic heterocycles. The van der Waals surface area contributed by atoms with Crippen LogP contribution < -0.4 is 16.8 Å². The Balaban J connectivity index is 3.62. The van der Waals surface area contributed by atoms with Gasteiger partial charge < -0.3 is 21.9 Å². The average Bonchev–Trinajstić information content (AvgIpc) is 2.10. The highest BCUT2D eigenvalue weighted by Crippen LogP contribution is 1.93. The third kappa shape index (κ3) is 6.06. The largest absolute Gasteiger partial charge is 0.481 e. The molecule has 13 heavy (non-hydrogen) atoms. The van der Waals surface area contributed by atoms with E-state index in [0.717, 1.165) is 0 Å². The molecule has 0 aromatic heterocycles. The van der Waals surface area contributed by atoms with E-state index >= 15 is 0 Å². The van der Waals surface area contributed by atoms with Gasteiger partial charge in [-0.05, 0) is 6.42 Å². The number of nitrogens with one attached hydrogen (secondary N) is 1. The van der Waals surface area contributed by atoms with Crippen molar-refractivity contribution in [3.63, 3.8) is 0 Å². The minimum Gasteiger partial charge on any atom is -0.481 e. The first-order valence-corrected chi connectivity index (χ1v) is 4.03. The Morgan fingerprint density at radius 3 is 2.54 bits per heavy atom. The van der Waals surface area contributed by atoms with Gasteiger partial charge in [-0.2, -0.15) is 0 Å². The number of carboxylic acids is 1. The van der Waals surface area contributed by atoms with Gasteiger partial charge in [0.15, 0.2) is 0 Å². The summed E-state index contributed by atoms with van der Waals surface area (Å²) < 4.78 is 0. The zero-order valence-corrected chi connectivity index (χ0v) is 7.32. The van der Waals surface area contributed by atoms with Crippen LogP contribution in [0.4, 0.5) is 0 Å². The number of hydrogen-bond donors (Lipinski definition) is 4. The van der Waals surface area contributed by atoms with E-state index in [9.17, 15) is 9.59 Å². The SMILES string of the molecule is NCCNC(=O)C(N)CCC(=O)O. The van der Waals surface area contributed by atoms with Crippen LogP contribution in [0, 0.1) is 0 Å². The molecule has 6 heteroatoms. The third-order valence-electron chi connectivity index (χ3n) is 1.45. The van der Waals surface area contributed by atoms with Crippen LogP contribution in [-0.2, 0) is 9.59 Å². The van der Waals surface area contributed by atoms with E-state index in [1.165, 1.54) is 0 Å². The average molecular weight is 189 g/mol. The van der Waals surface area contributed by atoms with Crippen LogP contribution in [0.2, 0.25) is 0 Å². The summed E-state index contributed by atoms with van der Waals surface area (Å²) in [6.07, 6.45) is 0.0446. The number of carboxylic acid groups (broad SMARTS) is 1. The second-order valence-corrected chi connectivity index (χ2v) is 2.62. The van der Waals surface area contributed by atoms with Crippen LogP contribution >= 0.6 is 0 Å². The lowest BCUT2D eigenvalue weighted by molar-refractivity contribution is -0.137. The minimum absolute atomic E-state index is 0.1000. The second-order valence-electron chi connectivity index (χ2n) is 2.62. The molecule has 0 bridgehead atoms. The van der Waals surface area contributed by atoms with E-state index in [4.69, 9.17) is 16.6 Å². The standard InChI is InChI=1S/C7H15N3O3/c8-3-4-10-7(13)5(9)1-2-6(11)12/h5H,1-4,8-9H2,(H,10,13)(H,11,12). The number of amides is 1. The molecule has 0 fully saturated rings. The highest BCUT2D eigenvalue weighted by molar-refractivity contribution is 5.82. The van der Waals surface area contributed by atoms with Gasteiger partial charge in [-0.25, -0.2) is 0 Å². The van der Waals surface area contributed by atoms with Gasteiger partial charge in [0, 0.05) is 19.5 Å². The summed E-state index contributed by atoms with van der Waals surface area (Å²) in [5, 5.41) is 10.8. The van der Waals surface area contributed by atoms with Gasteiger partial charge in [-0.3, -0.25) is 9.59 Å². The molecule has 0 saturated carbocycles. The first-order chi connectivity index (χ1) is 6.07. The van der Waals surface area contributed by atoms with E-state index in [1.807, 2.05) is 0 Å². The normalized spacial score (nSPS) is 12.2. The molecule has 0 aromatic rings. The van der Waals surface area contributed by atoms with Crippen LogP contribution in [0.1, 0.15) is 12.8 Å². The van der Waals surface area contributed by atoms with E-state index in [2.05, 4.69) is 5.32 Å². The summed E-state index contributed by atoms with van der Waals surface area (Å²) in [4.78, 5) is 21.2. The van der Waals surface area contributed by atoms with Crippen molar-refractivity contribution in [2.24, 2.45) is 11.5 Å². The molecule has 0 rings (SSSR count). The van der Waals surface area contributed by atoms with Crippen molar-refractivity contribution >= 4 is 11.9 Å². The zero-order valence-electron chi connectivity index (χ0n) is 7.32. The number of carbonyl (C=O) groups excluding carboxylic acids is 1. The van der Waals surface area contributed by atoms with Gasteiger partial charge in [0.25, 0.3) is 0 Å². The van der Waals surface area contributed by atoms with Gasteiger partial charge in [-0.1, -0.05) is 0 Å². The Morgan fingerprint density at radius 2 is 2.08 bits per heavy atom. The summed E-state index contributed by atoms with van der Waals surface area (Å²) >= 11 is 0. The number of aliphatic carboxylic acids is 1. The van der Waals surface area contributed by atoms with E-state index in [-0.39, 0.29) is 18.7 Å². The van der Waals surface area contributed by atoms with Crippen molar-refractivity contribution in [2.45, 2.75) is 18.9 Å². The van der Waals surface area contributed by atoms with E-state index in [0.29, 0.717) is 13.1 Å². The van der Waals surface area contributed by atoms with Gasteiger partial charge in [0.2, 0.25) is 5.91 Å². The Labute approximate surface area is 76.3 Å². The first kappa shape index (κ1) is 11.9. The Morgan fingerprint density at radius 1 is 1.46 bits per heavy atom. The van der Waals surface area contributed by atoms with Crippen LogP contribution in [0.25, 0.3) is 0 Å².